The van der Waals surface area contributed by atoms with E-state index in [2.05, 4.69) is 10.6 Å². The highest BCUT2D eigenvalue weighted by molar-refractivity contribution is 8.00. The van der Waals surface area contributed by atoms with Crippen LogP contribution >= 0.6 is 11.8 Å². The molecule has 0 radical (unpaired) electrons. The Morgan fingerprint density at radius 2 is 2.00 bits per heavy atom. The fraction of sp³-hybridized carbons (Fsp3) is 0.500. The molecule has 1 aliphatic rings. The van der Waals surface area contributed by atoms with Gasteiger partial charge in [-0.1, -0.05) is 12.1 Å². The van der Waals surface area contributed by atoms with Crippen LogP contribution in [0.5, 0.6) is 0 Å². The van der Waals surface area contributed by atoms with E-state index in [-0.39, 0.29) is 11.7 Å². The van der Waals surface area contributed by atoms with Gasteiger partial charge in [-0.3, -0.25) is 4.79 Å². The van der Waals surface area contributed by atoms with Gasteiger partial charge in [0.15, 0.2) is 0 Å². The van der Waals surface area contributed by atoms with E-state index in [0.717, 1.165) is 31.5 Å². The van der Waals surface area contributed by atoms with Gasteiger partial charge in [0, 0.05) is 11.8 Å². The molecule has 0 atom stereocenters. The van der Waals surface area contributed by atoms with Crippen LogP contribution in [0.15, 0.2) is 24.3 Å². The van der Waals surface area contributed by atoms with Gasteiger partial charge in [-0.05, 0) is 43.6 Å². The topological polar surface area (TPSA) is 41.1 Å². The van der Waals surface area contributed by atoms with Crippen LogP contribution in [-0.4, -0.2) is 30.0 Å². The molecule has 1 saturated heterocycles. The fourth-order valence-corrected chi connectivity index (χ4v) is 3.07. The minimum absolute atomic E-state index is 0.0489. The van der Waals surface area contributed by atoms with E-state index < -0.39 is 0 Å². The molecule has 1 aromatic carbocycles. The number of amides is 1. The summed E-state index contributed by atoms with van der Waals surface area (Å²) in [5.74, 6) is 0.302. The van der Waals surface area contributed by atoms with E-state index in [0.29, 0.717) is 17.5 Å². The summed E-state index contributed by atoms with van der Waals surface area (Å²) in [5, 5.41) is 6.76. The van der Waals surface area contributed by atoms with E-state index in [1.807, 2.05) is 0 Å². The Balaban J connectivity index is 1.65. The van der Waals surface area contributed by atoms with Gasteiger partial charge in [0.1, 0.15) is 5.82 Å². The number of carbonyl (C=O) groups is 1. The summed E-state index contributed by atoms with van der Waals surface area (Å²) in [7, 11) is 0. The third-order valence-corrected chi connectivity index (χ3v) is 4.51. The molecular weight excluding hydrogens is 263 g/mol. The van der Waals surface area contributed by atoms with Gasteiger partial charge in [0.05, 0.1) is 5.75 Å². The number of nitrogens with one attached hydrogen (secondary N) is 2. The molecule has 1 heterocycles. The van der Waals surface area contributed by atoms with E-state index >= 15 is 0 Å². The molecule has 5 heteroatoms. The van der Waals surface area contributed by atoms with Gasteiger partial charge in [-0.25, -0.2) is 4.39 Å². The average Bonchev–Trinajstić information content (AvgIpc) is 2.45. The van der Waals surface area contributed by atoms with E-state index in [1.165, 1.54) is 12.1 Å². The van der Waals surface area contributed by atoms with Gasteiger partial charge in [0.25, 0.3) is 0 Å². The number of hydrogen-bond acceptors (Lipinski definition) is 3. The van der Waals surface area contributed by atoms with E-state index in [1.54, 1.807) is 23.9 Å². The predicted molar refractivity (Wildman–Crippen MR) is 76.6 cm³/mol. The first-order chi connectivity index (χ1) is 9.24. The van der Waals surface area contributed by atoms with Crippen molar-refractivity contribution in [3.05, 3.63) is 35.6 Å². The van der Waals surface area contributed by atoms with Gasteiger partial charge >= 0.3 is 0 Å². The number of rotatable bonds is 5. The molecule has 19 heavy (non-hydrogen) atoms. The Hall–Kier alpha value is -1.07. The Morgan fingerprint density at radius 3 is 2.68 bits per heavy atom. The number of thioether (sulfide) groups is 1. The molecule has 0 spiro atoms. The van der Waals surface area contributed by atoms with Crippen molar-refractivity contribution < 1.29 is 9.18 Å². The maximum absolute atomic E-state index is 12.7. The zero-order chi connectivity index (χ0) is 13.5. The molecule has 104 valence electrons. The minimum Gasteiger partial charge on any atom is -0.351 e. The summed E-state index contributed by atoms with van der Waals surface area (Å²) in [6.07, 6.45) is 2.27. The lowest BCUT2D eigenvalue weighted by Gasteiger charge is -2.21. The maximum atomic E-state index is 12.7. The van der Waals surface area contributed by atoms with Gasteiger partial charge in [-0.2, -0.15) is 0 Å². The summed E-state index contributed by atoms with van der Waals surface area (Å²) in [4.78, 5) is 11.7. The minimum atomic E-state index is -0.253. The van der Waals surface area contributed by atoms with Crippen LogP contribution in [0.2, 0.25) is 0 Å². The fourth-order valence-electron chi connectivity index (χ4n) is 2.01. The maximum Gasteiger partial charge on any atom is 0.230 e. The predicted octanol–water partition coefficient (Wildman–Crippen LogP) is 1.93. The second-order valence-corrected chi connectivity index (χ2v) is 5.95. The number of benzene rings is 1. The number of carbonyl (C=O) groups excluding carboxylic acids is 1. The second-order valence-electron chi connectivity index (χ2n) is 4.66. The van der Waals surface area contributed by atoms with Gasteiger partial charge < -0.3 is 10.6 Å². The summed E-state index contributed by atoms with van der Waals surface area (Å²) < 4.78 is 12.7. The Morgan fingerprint density at radius 1 is 1.32 bits per heavy atom. The highest BCUT2D eigenvalue weighted by Crippen LogP contribution is 2.19. The lowest BCUT2D eigenvalue weighted by Crippen LogP contribution is -2.31. The third kappa shape index (κ3) is 5.20. The molecule has 2 rings (SSSR count). The second kappa shape index (κ2) is 7.50. The molecule has 0 bridgehead atoms. The first-order valence-electron chi connectivity index (χ1n) is 6.57. The van der Waals surface area contributed by atoms with Crippen LogP contribution in [0.4, 0.5) is 4.39 Å². The van der Waals surface area contributed by atoms with Crippen molar-refractivity contribution in [3.63, 3.8) is 0 Å². The molecule has 2 N–H and O–H groups in total. The first kappa shape index (κ1) is 14.3. The van der Waals surface area contributed by atoms with Crippen LogP contribution in [-0.2, 0) is 11.3 Å². The zero-order valence-electron chi connectivity index (χ0n) is 10.8. The van der Waals surface area contributed by atoms with Crippen LogP contribution in [0.1, 0.15) is 18.4 Å². The van der Waals surface area contributed by atoms with Crippen LogP contribution in [0.3, 0.4) is 0 Å². The van der Waals surface area contributed by atoms with Crippen LogP contribution < -0.4 is 10.6 Å². The van der Waals surface area contributed by atoms with Crippen molar-refractivity contribution >= 4 is 17.7 Å². The molecule has 0 aliphatic carbocycles. The van der Waals surface area contributed by atoms with Crippen molar-refractivity contribution in [1.82, 2.24) is 10.6 Å². The zero-order valence-corrected chi connectivity index (χ0v) is 11.6. The monoisotopic (exact) mass is 282 g/mol. The lowest BCUT2D eigenvalue weighted by molar-refractivity contribution is -0.118. The highest BCUT2D eigenvalue weighted by atomic mass is 32.2. The highest BCUT2D eigenvalue weighted by Gasteiger charge is 2.14. The molecule has 1 aliphatic heterocycles. The molecule has 0 unspecified atom stereocenters. The van der Waals surface area contributed by atoms with Crippen molar-refractivity contribution in [3.8, 4) is 0 Å². The first-order valence-corrected chi connectivity index (χ1v) is 7.62. The molecule has 0 saturated carbocycles. The smallest absolute Gasteiger partial charge is 0.230 e. The Kier molecular flexibility index (Phi) is 5.66. The molecular formula is C14H19FN2OS. The average molecular weight is 282 g/mol. The van der Waals surface area contributed by atoms with E-state index in [9.17, 15) is 9.18 Å². The number of piperidine rings is 1. The standard InChI is InChI=1S/C14H19FN2OS/c15-12-3-1-11(2-4-12)9-17-14(18)10-19-13-5-7-16-8-6-13/h1-4,13,16H,5-10H2,(H,17,18). The normalized spacial score (nSPS) is 16.3. The molecule has 1 fully saturated rings. The van der Waals surface area contributed by atoms with E-state index in [4.69, 9.17) is 0 Å². The number of halogens is 1. The Labute approximate surface area is 117 Å². The van der Waals surface area contributed by atoms with Crippen LogP contribution in [0, 0.1) is 5.82 Å². The molecule has 1 aromatic rings. The summed E-state index contributed by atoms with van der Waals surface area (Å²) in [5.41, 5.74) is 0.918. The van der Waals surface area contributed by atoms with Crippen molar-refractivity contribution in [2.75, 3.05) is 18.8 Å². The molecule has 3 nitrogen and oxygen atoms in total. The SMILES string of the molecule is O=C(CSC1CCNCC1)NCc1ccc(F)cc1. The van der Waals surface area contributed by atoms with Gasteiger partial charge in [0.2, 0.25) is 5.91 Å². The van der Waals surface area contributed by atoms with Crippen molar-refractivity contribution in [2.45, 2.75) is 24.6 Å². The number of hydrogen-bond donors (Lipinski definition) is 2. The van der Waals surface area contributed by atoms with Gasteiger partial charge in [-0.15, -0.1) is 11.8 Å². The lowest BCUT2D eigenvalue weighted by atomic mass is 10.2. The Bertz CT molecular complexity index is 404. The summed E-state index contributed by atoms with van der Waals surface area (Å²) in [6.45, 7) is 2.57. The van der Waals surface area contributed by atoms with Crippen molar-refractivity contribution in [2.24, 2.45) is 0 Å². The van der Waals surface area contributed by atoms with Crippen molar-refractivity contribution in [1.29, 1.82) is 0 Å². The van der Waals surface area contributed by atoms with Crippen LogP contribution in [0.25, 0.3) is 0 Å². The molecule has 0 aromatic heterocycles. The molecule has 1 amide bonds. The summed E-state index contributed by atoms with van der Waals surface area (Å²) in [6, 6.07) is 6.20. The third-order valence-electron chi connectivity index (χ3n) is 3.14. The quantitative estimate of drug-likeness (QED) is 0.867. The summed E-state index contributed by atoms with van der Waals surface area (Å²) >= 11 is 1.73. The largest absolute Gasteiger partial charge is 0.351 e.